The van der Waals surface area contributed by atoms with Crippen LogP contribution in [-0.4, -0.2) is 29.1 Å². The van der Waals surface area contributed by atoms with Crippen LogP contribution in [0.1, 0.15) is 12.8 Å². The molecule has 5 heteroatoms. The van der Waals surface area contributed by atoms with E-state index < -0.39 is 0 Å². The van der Waals surface area contributed by atoms with Crippen LogP contribution in [0.4, 0.5) is 5.95 Å². The zero-order chi connectivity index (χ0) is 9.80. The highest BCUT2D eigenvalue weighted by molar-refractivity contribution is 9.10. The first-order chi connectivity index (χ1) is 6.84. The molecule has 1 saturated heterocycles. The average Bonchev–Trinajstić information content (AvgIpc) is 2.70. The summed E-state index contributed by atoms with van der Waals surface area (Å²) in [5, 5.41) is 6.62. The molecule has 0 aromatic carbocycles. The van der Waals surface area contributed by atoms with E-state index >= 15 is 0 Å². The van der Waals surface area contributed by atoms with E-state index in [4.69, 9.17) is 0 Å². The standard InChI is InChI=1S/C9H13BrN4/c10-7-4-12-9(13-5-7)14-6-8-2-1-3-11-8/h4-5,8,11H,1-3,6H2,(H,12,13,14)/t8-/m0/s1. The van der Waals surface area contributed by atoms with Crippen LogP contribution in [0.2, 0.25) is 0 Å². The van der Waals surface area contributed by atoms with Crippen LogP contribution in [0, 0.1) is 0 Å². The van der Waals surface area contributed by atoms with Crippen molar-refractivity contribution >= 4 is 21.9 Å². The average molecular weight is 257 g/mol. The summed E-state index contributed by atoms with van der Waals surface area (Å²) in [6.07, 6.45) is 6.01. The van der Waals surface area contributed by atoms with Crippen LogP contribution in [-0.2, 0) is 0 Å². The predicted octanol–water partition coefficient (Wildman–Crippen LogP) is 1.40. The van der Waals surface area contributed by atoms with Crippen molar-refractivity contribution in [2.45, 2.75) is 18.9 Å². The largest absolute Gasteiger partial charge is 0.353 e. The molecule has 76 valence electrons. The fourth-order valence-corrected chi connectivity index (χ4v) is 1.75. The van der Waals surface area contributed by atoms with Crippen molar-refractivity contribution in [1.29, 1.82) is 0 Å². The van der Waals surface area contributed by atoms with Gasteiger partial charge in [-0.05, 0) is 35.3 Å². The van der Waals surface area contributed by atoms with Gasteiger partial charge in [0.25, 0.3) is 0 Å². The maximum Gasteiger partial charge on any atom is 0.222 e. The van der Waals surface area contributed by atoms with E-state index in [0.29, 0.717) is 12.0 Å². The Morgan fingerprint density at radius 3 is 2.93 bits per heavy atom. The number of nitrogens with one attached hydrogen (secondary N) is 2. The Labute approximate surface area is 91.7 Å². The number of aromatic nitrogens is 2. The second-order valence-corrected chi connectivity index (χ2v) is 4.31. The third-order valence-corrected chi connectivity index (χ3v) is 2.70. The molecule has 0 amide bonds. The molecule has 0 unspecified atom stereocenters. The minimum atomic E-state index is 0.572. The van der Waals surface area contributed by atoms with Gasteiger partial charge in [0.05, 0.1) is 4.47 Å². The molecule has 1 aromatic rings. The highest BCUT2D eigenvalue weighted by Gasteiger charge is 2.13. The number of halogens is 1. The lowest BCUT2D eigenvalue weighted by Crippen LogP contribution is -2.29. The third-order valence-electron chi connectivity index (χ3n) is 2.29. The van der Waals surface area contributed by atoms with Gasteiger partial charge in [0.1, 0.15) is 0 Å². The van der Waals surface area contributed by atoms with E-state index in [1.54, 1.807) is 12.4 Å². The molecule has 1 aromatic heterocycles. The summed E-state index contributed by atoms with van der Waals surface area (Å²) in [6.45, 7) is 2.04. The number of hydrogen-bond donors (Lipinski definition) is 2. The fraction of sp³-hybridized carbons (Fsp3) is 0.556. The first-order valence-corrected chi connectivity index (χ1v) is 5.59. The predicted molar refractivity (Wildman–Crippen MR) is 59.2 cm³/mol. The lowest BCUT2D eigenvalue weighted by Gasteiger charge is -2.10. The second-order valence-electron chi connectivity index (χ2n) is 3.40. The van der Waals surface area contributed by atoms with Gasteiger partial charge in [0.15, 0.2) is 0 Å². The molecule has 1 aliphatic heterocycles. The van der Waals surface area contributed by atoms with Gasteiger partial charge in [-0.2, -0.15) is 0 Å². The quantitative estimate of drug-likeness (QED) is 0.859. The molecule has 2 rings (SSSR count). The van der Waals surface area contributed by atoms with Crippen LogP contribution in [0.15, 0.2) is 16.9 Å². The molecule has 1 atom stereocenters. The summed E-state index contributed by atoms with van der Waals surface area (Å²) in [5.74, 6) is 0.696. The molecule has 2 heterocycles. The van der Waals surface area contributed by atoms with Crippen molar-refractivity contribution in [2.75, 3.05) is 18.4 Å². The Kier molecular flexibility index (Phi) is 3.31. The van der Waals surface area contributed by atoms with E-state index in [-0.39, 0.29) is 0 Å². The molecular weight excluding hydrogens is 244 g/mol. The maximum absolute atomic E-state index is 4.14. The number of anilines is 1. The molecule has 0 saturated carbocycles. The van der Waals surface area contributed by atoms with Crippen molar-refractivity contribution in [2.24, 2.45) is 0 Å². The molecule has 0 radical (unpaired) electrons. The maximum atomic E-state index is 4.14. The molecule has 0 spiro atoms. The molecular formula is C9H13BrN4. The Hall–Kier alpha value is -0.680. The first-order valence-electron chi connectivity index (χ1n) is 4.79. The van der Waals surface area contributed by atoms with Crippen LogP contribution < -0.4 is 10.6 Å². The molecule has 0 aliphatic carbocycles. The topological polar surface area (TPSA) is 49.8 Å². The Morgan fingerprint density at radius 2 is 2.29 bits per heavy atom. The van der Waals surface area contributed by atoms with Crippen LogP contribution in [0.3, 0.4) is 0 Å². The Bertz CT molecular complexity index is 281. The van der Waals surface area contributed by atoms with Gasteiger partial charge < -0.3 is 10.6 Å². The fourth-order valence-electron chi connectivity index (χ4n) is 1.55. The van der Waals surface area contributed by atoms with Gasteiger partial charge in [0, 0.05) is 25.0 Å². The SMILES string of the molecule is Brc1cnc(NC[C@@H]2CCCN2)nc1. The first kappa shape index (κ1) is 9.86. The highest BCUT2D eigenvalue weighted by Crippen LogP contribution is 2.08. The van der Waals surface area contributed by atoms with E-state index in [9.17, 15) is 0 Å². The Balaban J connectivity index is 1.82. The summed E-state index contributed by atoms with van der Waals surface area (Å²) in [7, 11) is 0. The summed E-state index contributed by atoms with van der Waals surface area (Å²) < 4.78 is 0.905. The van der Waals surface area contributed by atoms with E-state index in [2.05, 4.69) is 36.5 Å². The van der Waals surface area contributed by atoms with Gasteiger partial charge in [-0.1, -0.05) is 0 Å². The third kappa shape index (κ3) is 2.65. The van der Waals surface area contributed by atoms with Crippen molar-refractivity contribution < 1.29 is 0 Å². The van der Waals surface area contributed by atoms with Crippen LogP contribution in [0.5, 0.6) is 0 Å². The molecule has 14 heavy (non-hydrogen) atoms. The van der Waals surface area contributed by atoms with Gasteiger partial charge in [-0.3, -0.25) is 0 Å². The molecule has 1 fully saturated rings. The van der Waals surface area contributed by atoms with Crippen molar-refractivity contribution in [3.05, 3.63) is 16.9 Å². The van der Waals surface area contributed by atoms with Gasteiger partial charge in [-0.25, -0.2) is 9.97 Å². The Morgan fingerprint density at radius 1 is 1.50 bits per heavy atom. The molecule has 1 aliphatic rings. The van der Waals surface area contributed by atoms with Gasteiger partial charge in [0.2, 0.25) is 5.95 Å². The van der Waals surface area contributed by atoms with Gasteiger partial charge in [-0.15, -0.1) is 0 Å². The lowest BCUT2D eigenvalue weighted by molar-refractivity contribution is 0.631. The summed E-state index contributed by atoms with van der Waals surface area (Å²) in [6, 6.07) is 0.572. The number of hydrogen-bond acceptors (Lipinski definition) is 4. The molecule has 2 N–H and O–H groups in total. The van der Waals surface area contributed by atoms with E-state index in [0.717, 1.165) is 17.6 Å². The van der Waals surface area contributed by atoms with E-state index in [1.165, 1.54) is 12.8 Å². The minimum absolute atomic E-state index is 0.572. The second kappa shape index (κ2) is 4.70. The molecule has 4 nitrogen and oxygen atoms in total. The smallest absolute Gasteiger partial charge is 0.222 e. The van der Waals surface area contributed by atoms with Crippen LogP contribution >= 0.6 is 15.9 Å². The monoisotopic (exact) mass is 256 g/mol. The number of rotatable bonds is 3. The van der Waals surface area contributed by atoms with Crippen molar-refractivity contribution in [1.82, 2.24) is 15.3 Å². The lowest BCUT2D eigenvalue weighted by atomic mass is 10.2. The summed E-state index contributed by atoms with van der Waals surface area (Å²) in [5.41, 5.74) is 0. The normalized spacial score (nSPS) is 21.1. The zero-order valence-electron chi connectivity index (χ0n) is 7.83. The van der Waals surface area contributed by atoms with Crippen molar-refractivity contribution in [3.8, 4) is 0 Å². The summed E-state index contributed by atoms with van der Waals surface area (Å²) >= 11 is 3.30. The van der Waals surface area contributed by atoms with Gasteiger partial charge >= 0.3 is 0 Å². The van der Waals surface area contributed by atoms with Crippen molar-refractivity contribution in [3.63, 3.8) is 0 Å². The highest BCUT2D eigenvalue weighted by atomic mass is 79.9. The van der Waals surface area contributed by atoms with Crippen LogP contribution in [0.25, 0.3) is 0 Å². The molecule has 0 bridgehead atoms. The van der Waals surface area contributed by atoms with E-state index in [1.807, 2.05) is 0 Å². The number of nitrogens with zero attached hydrogens (tertiary/aromatic N) is 2. The minimum Gasteiger partial charge on any atom is -0.353 e. The zero-order valence-corrected chi connectivity index (χ0v) is 9.42. The summed E-state index contributed by atoms with van der Waals surface area (Å²) in [4.78, 5) is 8.28.